The van der Waals surface area contributed by atoms with Crippen molar-refractivity contribution in [3.05, 3.63) is 101 Å². The normalized spacial score (nSPS) is 12.6. The van der Waals surface area contributed by atoms with Crippen molar-refractivity contribution in [1.29, 1.82) is 0 Å². The number of ketones is 1. The molecule has 0 aromatic heterocycles. The fourth-order valence-corrected chi connectivity index (χ4v) is 3.08. The number of rotatable bonds is 8. The molecule has 0 saturated carbocycles. The Morgan fingerprint density at radius 3 is 2.19 bits per heavy atom. The Morgan fingerprint density at radius 2 is 1.55 bits per heavy atom. The molecule has 0 amide bonds. The summed E-state index contributed by atoms with van der Waals surface area (Å²) in [5.74, 6) is -1.88. The first-order valence-corrected chi connectivity index (χ1v) is 9.84. The van der Waals surface area contributed by atoms with Gasteiger partial charge in [-0.3, -0.25) is 14.4 Å². The fourth-order valence-electron chi connectivity index (χ4n) is 3.08. The van der Waals surface area contributed by atoms with Crippen molar-refractivity contribution < 1.29 is 24.2 Å². The van der Waals surface area contributed by atoms with Crippen LogP contribution in [-0.4, -0.2) is 28.9 Å². The minimum absolute atomic E-state index is 0.113. The van der Waals surface area contributed by atoms with Crippen LogP contribution in [0.2, 0.25) is 0 Å². The number of hydrogen-bond acceptors (Lipinski definition) is 5. The van der Waals surface area contributed by atoms with Gasteiger partial charge >= 0.3 is 11.9 Å². The molecule has 0 heterocycles. The predicted octanol–water partition coefficient (Wildman–Crippen LogP) is 3.58. The third-order valence-electron chi connectivity index (χ3n) is 4.95. The highest BCUT2D eigenvalue weighted by atomic mass is 16.5. The topological polar surface area (TPSA) is 107 Å². The number of hydrogen-bond donors (Lipinski definition) is 2. The highest BCUT2D eigenvalue weighted by Gasteiger charge is 2.20. The number of aliphatic carboxylic acids is 1. The third kappa shape index (κ3) is 5.65. The number of esters is 1. The first kappa shape index (κ1) is 21.9. The number of carbonyl (C=O) groups excluding carboxylic acids is 2. The lowest BCUT2D eigenvalue weighted by molar-refractivity contribution is -0.138. The molecule has 0 fully saturated rings. The summed E-state index contributed by atoms with van der Waals surface area (Å²) >= 11 is 0. The minimum atomic E-state index is -1.07. The zero-order chi connectivity index (χ0) is 22.4. The van der Waals surface area contributed by atoms with Crippen LogP contribution in [0.5, 0.6) is 5.75 Å². The Bertz CT molecular complexity index is 1080. The van der Waals surface area contributed by atoms with Crippen LogP contribution in [0, 0.1) is 0 Å². The summed E-state index contributed by atoms with van der Waals surface area (Å²) in [6, 6.07) is 21.5. The van der Waals surface area contributed by atoms with Crippen LogP contribution in [0.4, 0.5) is 0 Å². The van der Waals surface area contributed by atoms with E-state index in [1.165, 1.54) is 0 Å². The zero-order valence-electron chi connectivity index (χ0n) is 17.0. The van der Waals surface area contributed by atoms with Crippen LogP contribution in [0.25, 0.3) is 0 Å². The Morgan fingerprint density at radius 1 is 0.903 bits per heavy atom. The van der Waals surface area contributed by atoms with Crippen molar-refractivity contribution in [2.45, 2.75) is 25.3 Å². The van der Waals surface area contributed by atoms with Crippen molar-refractivity contribution in [2.24, 2.45) is 5.73 Å². The van der Waals surface area contributed by atoms with Crippen molar-refractivity contribution in [3.63, 3.8) is 0 Å². The van der Waals surface area contributed by atoms with E-state index in [0.717, 1.165) is 5.56 Å². The molecule has 0 aliphatic rings. The molecule has 3 N–H and O–H groups in total. The molecular formula is C25H23NO5. The highest BCUT2D eigenvalue weighted by Crippen LogP contribution is 2.22. The van der Waals surface area contributed by atoms with E-state index in [4.69, 9.17) is 15.6 Å². The van der Waals surface area contributed by atoms with E-state index in [1.54, 1.807) is 79.7 Å². The van der Waals surface area contributed by atoms with Gasteiger partial charge in [0.1, 0.15) is 11.8 Å². The summed E-state index contributed by atoms with van der Waals surface area (Å²) < 4.78 is 5.45. The van der Waals surface area contributed by atoms with Crippen molar-refractivity contribution in [2.75, 3.05) is 0 Å². The average Bonchev–Trinajstić information content (AvgIpc) is 2.79. The molecule has 3 aromatic rings. The summed E-state index contributed by atoms with van der Waals surface area (Å²) in [6.45, 7) is 1.72. The summed E-state index contributed by atoms with van der Waals surface area (Å²) in [6.07, 6.45) is 0.183. The van der Waals surface area contributed by atoms with Gasteiger partial charge < -0.3 is 15.6 Å². The molecule has 3 rings (SSSR count). The van der Waals surface area contributed by atoms with Crippen LogP contribution in [0.1, 0.15) is 39.9 Å². The predicted molar refractivity (Wildman–Crippen MR) is 116 cm³/mol. The summed E-state index contributed by atoms with van der Waals surface area (Å²) in [4.78, 5) is 36.1. The van der Waals surface area contributed by atoms with Gasteiger partial charge in [-0.2, -0.15) is 0 Å². The highest BCUT2D eigenvalue weighted by molar-refractivity contribution is 6.09. The van der Waals surface area contributed by atoms with E-state index in [2.05, 4.69) is 0 Å². The monoisotopic (exact) mass is 417 g/mol. The number of nitrogens with two attached hydrogens (primary N) is 1. The average molecular weight is 417 g/mol. The first-order valence-electron chi connectivity index (χ1n) is 9.84. The summed E-state index contributed by atoms with van der Waals surface area (Å²) in [7, 11) is 0. The number of benzene rings is 3. The van der Waals surface area contributed by atoms with Gasteiger partial charge in [0.2, 0.25) is 0 Å². The van der Waals surface area contributed by atoms with Crippen LogP contribution < -0.4 is 10.5 Å². The second-order valence-corrected chi connectivity index (χ2v) is 7.26. The van der Waals surface area contributed by atoms with Gasteiger partial charge in [0, 0.05) is 11.1 Å². The molecule has 3 aromatic carbocycles. The molecule has 6 heteroatoms. The van der Waals surface area contributed by atoms with E-state index >= 15 is 0 Å². The molecule has 2 unspecified atom stereocenters. The smallest absolute Gasteiger partial charge is 0.320 e. The molecule has 158 valence electrons. The maximum atomic E-state index is 12.7. The van der Waals surface area contributed by atoms with Crippen molar-refractivity contribution >= 4 is 17.7 Å². The third-order valence-corrected chi connectivity index (χ3v) is 4.95. The maximum Gasteiger partial charge on any atom is 0.320 e. The van der Waals surface area contributed by atoms with Gasteiger partial charge in [-0.05, 0) is 42.7 Å². The standard InChI is InChI=1S/C25H23NO5/c1-16(19-8-5-9-20(15-19)23(27)18-6-3-2-4-7-18)25(30)31-21-12-10-17(11-13-21)14-22(26)24(28)29/h2-13,15-16,22H,14,26H2,1H3,(H,28,29). The SMILES string of the molecule is CC(C(=O)Oc1ccc(CC(N)C(=O)O)cc1)c1cccc(C(=O)c2ccccc2)c1. The van der Waals surface area contributed by atoms with Gasteiger partial charge in [0.25, 0.3) is 0 Å². The largest absolute Gasteiger partial charge is 0.480 e. The van der Waals surface area contributed by atoms with Crippen molar-refractivity contribution in [1.82, 2.24) is 0 Å². The molecule has 31 heavy (non-hydrogen) atoms. The molecule has 2 atom stereocenters. The van der Waals surface area contributed by atoms with E-state index in [-0.39, 0.29) is 12.2 Å². The Labute approximate surface area is 180 Å². The maximum absolute atomic E-state index is 12.7. The molecule has 6 nitrogen and oxygen atoms in total. The summed E-state index contributed by atoms with van der Waals surface area (Å²) in [5.41, 5.74) is 8.02. The lowest BCUT2D eigenvalue weighted by Crippen LogP contribution is -2.32. The van der Waals surface area contributed by atoms with Gasteiger partial charge in [0.15, 0.2) is 5.78 Å². The van der Waals surface area contributed by atoms with Gasteiger partial charge in [-0.15, -0.1) is 0 Å². The minimum Gasteiger partial charge on any atom is -0.480 e. The van der Waals surface area contributed by atoms with Crippen molar-refractivity contribution in [3.8, 4) is 5.75 Å². The number of carboxylic acid groups (broad SMARTS) is 1. The molecule has 0 aliphatic carbocycles. The van der Waals surface area contributed by atoms with Crippen LogP contribution in [0.15, 0.2) is 78.9 Å². The van der Waals surface area contributed by atoms with Crippen LogP contribution >= 0.6 is 0 Å². The van der Waals surface area contributed by atoms with Crippen LogP contribution in [0.3, 0.4) is 0 Å². The Balaban J connectivity index is 1.67. The van der Waals surface area contributed by atoms with E-state index in [0.29, 0.717) is 22.4 Å². The molecule has 0 spiro atoms. The molecular weight excluding hydrogens is 394 g/mol. The Kier molecular flexibility index (Phi) is 6.95. The fraction of sp³-hybridized carbons (Fsp3) is 0.160. The second kappa shape index (κ2) is 9.82. The quantitative estimate of drug-likeness (QED) is 0.330. The van der Waals surface area contributed by atoms with E-state index < -0.39 is 23.9 Å². The number of ether oxygens (including phenoxy) is 1. The van der Waals surface area contributed by atoms with Gasteiger partial charge in [0.05, 0.1) is 5.92 Å². The second-order valence-electron chi connectivity index (χ2n) is 7.26. The number of carbonyl (C=O) groups is 3. The summed E-state index contributed by atoms with van der Waals surface area (Å²) in [5, 5.41) is 8.89. The lowest BCUT2D eigenvalue weighted by atomic mass is 9.96. The molecule has 0 bridgehead atoms. The molecule has 0 aliphatic heterocycles. The Hall–Kier alpha value is -3.77. The lowest BCUT2D eigenvalue weighted by Gasteiger charge is -2.13. The van der Waals surface area contributed by atoms with Crippen LogP contribution in [-0.2, 0) is 16.0 Å². The van der Waals surface area contributed by atoms with Gasteiger partial charge in [-0.25, -0.2) is 0 Å². The first-order chi connectivity index (χ1) is 14.8. The van der Waals surface area contributed by atoms with Gasteiger partial charge in [-0.1, -0.05) is 60.7 Å². The molecule has 0 radical (unpaired) electrons. The zero-order valence-corrected chi connectivity index (χ0v) is 17.0. The number of carboxylic acids is 1. The molecule has 0 saturated heterocycles. The van der Waals surface area contributed by atoms with E-state index in [9.17, 15) is 14.4 Å². The van der Waals surface area contributed by atoms with E-state index in [1.807, 2.05) is 6.07 Å².